The van der Waals surface area contributed by atoms with Crippen molar-refractivity contribution in [2.75, 3.05) is 25.2 Å². The van der Waals surface area contributed by atoms with Crippen molar-refractivity contribution in [3.8, 4) is 0 Å². The first kappa shape index (κ1) is 30.6. The molecule has 0 bridgehead atoms. The van der Waals surface area contributed by atoms with Crippen molar-refractivity contribution in [2.24, 2.45) is 11.5 Å². The van der Waals surface area contributed by atoms with Gasteiger partial charge in [0.05, 0.1) is 12.6 Å². The molecule has 0 aromatic carbocycles. The van der Waals surface area contributed by atoms with E-state index < -0.39 is 60.4 Å². The maximum Gasteiger partial charge on any atom is 0.326 e. The van der Waals surface area contributed by atoms with Crippen LogP contribution in [0.3, 0.4) is 0 Å². The van der Waals surface area contributed by atoms with Gasteiger partial charge in [-0.1, -0.05) is 0 Å². The van der Waals surface area contributed by atoms with Gasteiger partial charge >= 0.3 is 11.9 Å². The van der Waals surface area contributed by atoms with Gasteiger partial charge in [-0.2, -0.15) is 11.8 Å². The van der Waals surface area contributed by atoms with Crippen molar-refractivity contribution in [3.63, 3.8) is 0 Å². The van der Waals surface area contributed by atoms with Crippen LogP contribution < -0.4 is 27.4 Å². The fourth-order valence-electron chi connectivity index (χ4n) is 2.68. The molecule has 0 saturated heterocycles. The number of thioether (sulfide) groups is 1. The Labute approximate surface area is 196 Å². The minimum Gasteiger partial charge on any atom is -0.481 e. The van der Waals surface area contributed by atoms with Gasteiger partial charge < -0.3 is 42.7 Å². The second-order valence-corrected chi connectivity index (χ2v) is 8.29. The maximum atomic E-state index is 12.7. The van der Waals surface area contributed by atoms with E-state index in [9.17, 15) is 34.2 Å². The number of aliphatic hydroxyl groups is 1. The van der Waals surface area contributed by atoms with Crippen molar-refractivity contribution in [3.05, 3.63) is 0 Å². The Morgan fingerprint density at radius 2 is 1.42 bits per heavy atom. The van der Waals surface area contributed by atoms with Gasteiger partial charge in [-0.3, -0.25) is 19.2 Å². The Morgan fingerprint density at radius 1 is 0.848 bits per heavy atom. The number of carboxylic acids is 2. The number of aliphatic hydroxyl groups excluding tert-OH is 1. The van der Waals surface area contributed by atoms with E-state index in [1.54, 1.807) is 6.26 Å². The highest BCUT2D eigenvalue weighted by Crippen LogP contribution is 2.06. The molecule has 3 amide bonds. The van der Waals surface area contributed by atoms with E-state index in [0.717, 1.165) is 0 Å². The third kappa shape index (κ3) is 13.0. The summed E-state index contributed by atoms with van der Waals surface area (Å²) in [4.78, 5) is 59.4. The highest BCUT2D eigenvalue weighted by Gasteiger charge is 2.29. The lowest BCUT2D eigenvalue weighted by molar-refractivity contribution is -0.142. The molecule has 0 aliphatic rings. The van der Waals surface area contributed by atoms with Gasteiger partial charge in [-0.25, -0.2) is 4.79 Å². The largest absolute Gasteiger partial charge is 0.481 e. The Balaban J connectivity index is 5.20. The molecule has 0 fully saturated rings. The number of aliphatic carboxylic acids is 2. The topological polar surface area (TPSA) is 234 Å². The molecular formula is C19H35N5O8S. The van der Waals surface area contributed by atoms with Gasteiger partial charge in [-0.15, -0.1) is 0 Å². The molecule has 4 unspecified atom stereocenters. The predicted molar refractivity (Wildman–Crippen MR) is 121 cm³/mol. The molecule has 0 spiro atoms. The fraction of sp³-hybridized carbons (Fsp3) is 0.737. The quantitative estimate of drug-likeness (QED) is 0.0936. The molecular weight excluding hydrogens is 458 g/mol. The van der Waals surface area contributed by atoms with Gasteiger partial charge in [0.2, 0.25) is 17.7 Å². The number of hydrogen-bond acceptors (Lipinski definition) is 9. The maximum absolute atomic E-state index is 12.7. The molecule has 14 heteroatoms. The Bertz CT molecular complexity index is 666. The van der Waals surface area contributed by atoms with Crippen LogP contribution in [-0.2, 0) is 24.0 Å². The molecule has 10 N–H and O–H groups in total. The van der Waals surface area contributed by atoms with Crippen LogP contribution in [-0.4, -0.2) is 94.3 Å². The third-order valence-electron chi connectivity index (χ3n) is 4.63. The number of nitrogens with two attached hydrogens (primary N) is 2. The normalized spacial score (nSPS) is 14.4. The number of carboxylic acid groups (broad SMARTS) is 2. The van der Waals surface area contributed by atoms with Crippen LogP contribution in [0.5, 0.6) is 0 Å². The van der Waals surface area contributed by atoms with Crippen LogP contribution in [0.15, 0.2) is 0 Å². The minimum absolute atomic E-state index is 0.161. The van der Waals surface area contributed by atoms with E-state index >= 15 is 0 Å². The summed E-state index contributed by atoms with van der Waals surface area (Å²) in [7, 11) is 0. The van der Waals surface area contributed by atoms with Crippen molar-refractivity contribution in [1.82, 2.24) is 16.0 Å². The molecule has 0 aromatic heterocycles. The third-order valence-corrected chi connectivity index (χ3v) is 5.27. The number of carbonyl (C=O) groups is 5. The lowest BCUT2D eigenvalue weighted by Crippen LogP contribution is -2.58. The van der Waals surface area contributed by atoms with E-state index in [0.29, 0.717) is 25.1 Å². The first-order chi connectivity index (χ1) is 15.6. The number of hydrogen-bond donors (Lipinski definition) is 8. The zero-order valence-electron chi connectivity index (χ0n) is 18.6. The van der Waals surface area contributed by atoms with Crippen molar-refractivity contribution in [2.45, 2.75) is 62.7 Å². The summed E-state index contributed by atoms with van der Waals surface area (Å²) in [6.45, 7) is -0.441. The van der Waals surface area contributed by atoms with Crippen LogP contribution in [0.25, 0.3) is 0 Å². The first-order valence-electron chi connectivity index (χ1n) is 10.5. The molecule has 0 saturated carbocycles. The first-order valence-corrected chi connectivity index (χ1v) is 11.9. The Hall–Kier alpha value is -2.42. The number of nitrogens with one attached hydrogen (secondary N) is 3. The number of rotatable bonds is 18. The molecule has 0 aromatic rings. The highest BCUT2D eigenvalue weighted by molar-refractivity contribution is 7.98. The lowest BCUT2D eigenvalue weighted by atomic mass is 10.1. The van der Waals surface area contributed by atoms with Gasteiger partial charge in [0, 0.05) is 6.42 Å². The number of carbonyl (C=O) groups excluding carboxylic acids is 3. The van der Waals surface area contributed by atoms with E-state index in [4.69, 9.17) is 16.6 Å². The van der Waals surface area contributed by atoms with E-state index in [-0.39, 0.29) is 25.7 Å². The monoisotopic (exact) mass is 493 g/mol. The predicted octanol–water partition coefficient (Wildman–Crippen LogP) is -2.41. The average Bonchev–Trinajstić information content (AvgIpc) is 2.77. The standard InChI is InChI=1S/C19H35N5O8S/c1-33-9-7-13(19(31)32)23-17(29)12(4-2-3-8-20)22-18(30)14(10-25)24-16(28)11(21)5-6-15(26)27/h11-14,25H,2-10,20-21H2,1H3,(H,22,30)(H,23,29)(H,24,28)(H,26,27)(H,31,32). The molecule has 0 rings (SSSR count). The Kier molecular flexibility index (Phi) is 15.9. The number of amides is 3. The van der Waals surface area contributed by atoms with E-state index in [1.807, 2.05) is 0 Å². The molecule has 0 aliphatic carbocycles. The van der Waals surface area contributed by atoms with Crippen LogP contribution in [0.4, 0.5) is 0 Å². The van der Waals surface area contributed by atoms with Crippen LogP contribution in [0, 0.1) is 0 Å². The molecule has 190 valence electrons. The van der Waals surface area contributed by atoms with Gasteiger partial charge in [-0.05, 0) is 50.7 Å². The van der Waals surface area contributed by atoms with Crippen LogP contribution in [0.1, 0.15) is 38.5 Å². The summed E-state index contributed by atoms with van der Waals surface area (Å²) < 4.78 is 0. The summed E-state index contributed by atoms with van der Waals surface area (Å²) >= 11 is 1.42. The van der Waals surface area contributed by atoms with Gasteiger partial charge in [0.25, 0.3) is 0 Å². The smallest absolute Gasteiger partial charge is 0.326 e. The van der Waals surface area contributed by atoms with Gasteiger partial charge in [0.15, 0.2) is 0 Å². The van der Waals surface area contributed by atoms with E-state index in [2.05, 4.69) is 16.0 Å². The summed E-state index contributed by atoms with van der Waals surface area (Å²) in [6.07, 6.45) is 2.66. The zero-order valence-corrected chi connectivity index (χ0v) is 19.4. The fourth-order valence-corrected chi connectivity index (χ4v) is 3.15. The molecule has 0 radical (unpaired) electrons. The highest BCUT2D eigenvalue weighted by atomic mass is 32.2. The lowest BCUT2D eigenvalue weighted by Gasteiger charge is -2.24. The van der Waals surface area contributed by atoms with E-state index in [1.165, 1.54) is 11.8 Å². The van der Waals surface area contributed by atoms with Crippen molar-refractivity contribution < 1.29 is 39.3 Å². The minimum atomic E-state index is -1.44. The molecule has 0 aliphatic heterocycles. The van der Waals surface area contributed by atoms with Crippen LogP contribution >= 0.6 is 11.8 Å². The van der Waals surface area contributed by atoms with Crippen molar-refractivity contribution in [1.29, 1.82) is 0 Å². The average molecular weight is 494 g/mol. The Morgan fingerprint density at radius 3 is 1.94 bits per heavy atom. The molecule has 33 heavy (non-hydrogen) atoms. The summed E-state index contributed by atoms with van der Waals surface area (Å²) in [5, 5.41) is 34.6. The second kappa shape index (κ2) is 17.1. The second-order valence-electron chi connectivity index (χ2n) is 7.31. The summed E-state index contributed by atoms with van der Waals surface area (Å²) in [5.41, 5.74) is 11.1. The van der Waals surface area contributed by atoms with Crippen molar-refractivity contribution >= 4 is 41.4 Å². The van der Waals surface area contributed by atoms with Gasteiger partial charge in [0.1, 0.15) is 18.1 Å². The number of unbranched alkanes of at least 4 members (excludes halogenated alkanes) is 1. The van der Waals surface area contributed by atoms with Crippen LogP contribution in [0.2, 0.25) is 0 Å². The zero-order chi connectivity index (χ0) is 25.4. The summed E-state index contributed by atoms with van der Waals surface area (Å²) in [6, 6.07) is -4.91. The molecule has 13 nitrogen and oxygen atoms in total. The molecule has 0 heterocycles. The molecule has 4 atom stereocenters. The summed E-state index contributed by atoms with van der Waals surface area (Å²) in [5.74, 6) is -4.27. The SMILES string of the molecule is CSCCC(NC(=O)C(CCCCN)NC(=O)C(CO)NC(=O)C(N)CCC(=O)O)C(=O)O.